The second kappa shape index (κ2) is 6.85. The number of carbonyl (C=O) groups is 1. The molecule has 5 nitrogen and oxygen atoms in total. The maximum absolute atomic E-state index is 12.6. The minimum atomic E-state index is -0.788. The second-order valence-corrected chi connectivity index (χ2v) is 7.16. The van der Waals surface area contributed by atoms with Gasteiger partial charge >= 0.3 is 5.97 Å². The molecule has 2 aromatic carbocycles. The Bertz CT molecular complexity index is 999. The molecule has 0 amide bonds. The number of para-hydroxylation sites is 1. The fraction of sp³-hybridized carbons (Fsp3) is 0.238. The van der Waals surface area contributed by atoms with Crippen molar-refractivity contribution < 1.29 is 18.7 Å². The summed E-state index contributed by atoms with van der Waals surface area (Å²) < 4.78 is 18.2. The van der Waals surface area contributed by atoms with Gasteiger partial charge in [-0.2, -0.15) is 0 Å². The number of halogens is 1. The van der Waals surface area contributed by atoms with Crippen LogP contribution in [0.25, 0.3) is 0 Å². The smallest absolute Gasteiger partial charge is 0.360 e. The lowest BCUT2D eigenvalue weighted by molar-refractivity contribution is 0.0515. The summed E-state index contributed by atoms with van der Waals surface area (Å²) in [7, 11) is 0. The van der Waals surface area contributed by atoms with Crippen LogP contribution in [0.4, 0.5) is 0 Å². The molecule has 27 heavy (non-hydrogen) atoms. The molecular weight excluding hydrogens is 410 g/mol. The van der Waals surface area contributed by atoms with Gasteiger partial charge in [0.2, 0.25) is 0 Å². The van der Waals surface area contributed by atoms with Gasteiger partial charge in [0.25, 0.3) is 0 Å². The Morgan fingerprint density at radius 3 is 2.74 bits per heavy atom. The van der Waals surface area contributed by atoms with Gasteiger partial charge < -0.3 is 13.9 Å². The summed E-state index contributed by atoms with van der Waals surface area (Å²) in [5.41, 5.74) is 1.28. The average Bonchev–Trinajstić information content (AvgIpc) is 3.25. The van der Waals surface area contributed by atoms with E-state index in [1.807, 2.05) is 48.5 Å². The van der Waals surface area contributed by atoms with Gasteiger partial charge in [-0.3, -0.25) is 0 Å². The first-order valence-electron chi connectivity index (χ1n) is 8.70. The highest BCUT2D eigenvalue weighted by Crippen LogP contribution is 2.51. The zero-order valence-corrected chi connectivity index (χ0v) is 16.6. The van der Waals surface area contributed by atoms with E-state index in [4.69, 9.17) is 13.9 Å². The van der Waals surface area contributed by atoms with E-state index < -0.39 is 11.4 Å². The topological polar surface area (TPSA) is 61.6 Å². The lowest BCUT2D eigenvalue weighted by Crippen LogP contribution is -2.32. The molecule has 0 saturated carbocycles. The first-order chi connectivity index (χ1) is 13.1. The van der Waals surface area contributed by atoms with Crippen molar-refractivity contribution in [1.29, 1.82) is 0 Å². The van der Waals surface area contributed by atoms with E-state index in [1.165, 1.54) is 0 Å². The fourth-order valence-corrected chi connectivity index (χ4v) is 4.07. The van der Waals surface area contributed by atoms with Crippen LogP contribution in [0.3, 0.4) is 0 Å². The third kappa shape index (κ3) is 2.75. The van der Waals surface area contributed by atoms with Crippen LogP contribution < -0.4 is 4.74 Å². The molecule has 138 valence electrons. The molecule has 1 aliphatic heterocycles. The third-order valence-corrected chi connectivity index (χ3v) is 5.34. The van der Waals surface area contributed by atoms with E-state index in [1.54, 1.807) is 13.8 Å². The van der Waals surface area contributed by atoms with Gasteiger partial charge in [0, 0.05) is 12.5 Å². The average molecular weight is 428 g/mol. The van der Waals surface area contributed by atoms with Crippen molar-refractivity contribution in [2.24, 2.45) is 0 Å². The van der Waals surface area contributed by atoms with Crippen LogP contribution in [0.5, 0.6) is 5.75 Å². The number of carbonyl (C=O) groups excluding carboxylic acids is 1. The first-order valence-corrected chi connectivity index (χ1v) is 9.49. The number of benzene rings is 2. The van der Waals surface area contributed by atoms with Crippen molar-refractivity contribution >= 4 is 21.9 Å². The van der Waals surface area contributed by atoms with E-state index in [0.29, 0.717) is 18.3 Å². The molecule has 0 saturated heterocycles. The highest BCUT2D eigenvalue weighted by Gasteiger charge is 2.50. The maximum Gasteiger partial charge on any atom is 0.360 e. The summed E-state index contributed by atoms with van der Waals surface area (Å²) in [6.45, 7) is 4.06. The van der Waals surface area contributed by atoms with E-state index in [0.717, 1.165) is 21.3 Å². The van der Waals surface area contributed by atoms with Crippen molar-refractivity contribution in [2.45, 2.75) is 19.3 Å². The van der Waals surface area contributed by atoms with Crippen LogP contribution in [0, 0.1) is 6.92 Å². The zero-order valence-electron chi connectivity index (χ0n) is 15.0. The standard InChI is InChI=1S/C21H18BrNO4/c1-3-25-20(24)17-19(27-13(2)23-17)21(14-8-5-4-6-9-14)12-26-18-15(21)10-7-11-16(18)22/h4-11H,3,12H2,1-2H3. The number of fused-ring (bicyclic) bond motifs is 1. The third-order valence-electron chi connectivity index (χ3n) is 4.72. The number of esters is 1. The number of rotatable bonds is 4. The quantitative estimate of drug-likeness (QED) is 0.567. The lowest BCUT2D eigenvalue weighted by atomic mass is 9.73. The van der Waals surface area contributed by atoms with Crippen LogP contribution in [0.1, 0.15) is 40.2 Å². The Morgan fingerprint density at radius 2 is 2.00 bits per heavy atom. The number of aryl methyl sites for hydroxylation is 1. The highest BCUT2D eigenvalue weighted by molar-refractivity contribution is 9.10. The highest BCUT2D eigenvalue weighted by atomic mass is 79.9. The lowest BCUT2D eigenvalue weighted by Gasteiger charge is -2.27. The largest absolute Gasteiger partial charge is 0.490 e. The van der Waals surface area contributed by atoms with E-state index in [-0.39, 0.29) is 12.3 Å². The van der Waals surface area contributed by atoms with Gasteiger partial charge in [0.1, 0.15) is 17.8 Å². The zero-order chi connectivity index (χ0) is 19.0. The van der Waals surface area contributed by atoms with Gasteiger partial charge in [-0.15, -0.1) is 0 Å². The second-order valence-electron chi connectivity index (χ2n) is 6.31. The van der Waals surface area contributed by atoms with Crippen molar-refractivity contribution in [3.8, 4) is 5.75 Å². The van der Waals surface area contributed by atoms with Gasteiger partial charge in [-0.05, 0) is 34.5 Å². The van der Waals surface area contributed by atoms with Crippen molar-refractivity contribution in [3.63, 3.8) is 0 Å². The molecule has 1 aliphatic rings. The maximum atomic E-state index is 12.6. The van der Waals surface area contributed by atoms with Crippen molar-refractivity contribution in [1.82, 2.24) is 4.98 Å². The Kier molecular flexibility index (Phi) is 4.52. The van der Waals surface area contributed by atoms with Gasteiger partial charge in [-0.25, -0.2) is 9.78 Å². The molecule has 1 aromatic heterocycles. The molecule has 0 spiro atoms. The molecule has 4 rings (SSSR count). The molecule has 1 atom stereocenters. The fourth-order valence-electron chi connectivity index (χ4n) is 3.58. The summed E-state index contributed by atoms with van der Waals surface area (Å²) in [6.07, 6.45) is 0. The minimum absolute atomic E-state index is 0.189. The number of ether oxygens (including phenoxy) is 2. The van der Waals surface area contributed by atoms with Gasteiger partial charge in [-0.1, -0.05) is 42.5 Å². The predicted octanol–water partition coefficient (Wildman–Crippen LogP) is 4.65. The molecule has 2 heterocycles. The van der Waals surface area contributed by atoms with E-state index >= 15 is 0 Å². The number of nitrogens with zero attached hydrogens (tertiary/aromatic N) is 1. The van der Waals surface area contributed by atoms with Gasteiger partial charge in [0.05, 0.1) is 11.1 Å². The summed E-state index contributed by atoms with van der Waals surface area (Å²) in [4.78, 5) is 16.9. The van der Waals surface area contributed by atoms with Crippen LogP contribution in [-0.4, -0.2) is 24.2 Å². The van der Waals surface area contributed by atoms with E-state index in [2.05, 4.69) is 20.9 Å². The molecule has 3 aromatic rings. The van der Waals surface area contributed by atoms with Crippen LogP contribution in [0.2, 0.25) is 0 Å². The molecule has 0 N–H and O–H groups in total. The van der Waals surface area contributed by atoms with Crippen LogP contribution in [0.15, 0.2) is 57.4 Å². The number of hydrogen-bond donors (Lipinski definition) is 0. The number of hydrogen-bond acceptors (Lipinski definition) is 5. The van der Waals surface area contributed by atoms with E-state index in [9.17, 15) is 4.79 Å². The molecule has 1 unspecified atom stereocenters. The van der Waals surface area contributed by atoms with Crippen molar-refractivity contribution in [2.75, 3.05) is 13.2 Å². The summed E-state index contributed by atoms with van der Waals surface area (Å²) in [6, 6.07) is 15.7. The summed E-state index contributed by atoms with van der Waals surface area (Å²) in [5, 5.41) is 0. The molecule has 6 heteroatoms. The number of aromatic nitrogens is 1. The first kappa shape index (κ1) is 17.8. The molecule has 0 radical (unpaired) electrons. The number of oxazole rings is 1. The Morgan fingerprint density at radius 1 is 1.22 bits per heavy atom. The SMILES string of the molecule is CCOC(=O)c1nc(C)oc1C1(c2ccccc2)COc2c(Br)cccc21. The Balaban J connectivity index is 2.02. The molecular formula is C21H18BrNO4. The van der Waals surface area contributed by atoms with Crippen LogP contribution >= 0.6 is 15.9 Å². The molecule has 0 fully saturated rings. The molecule has 0 bridgehead atoms. The van der Waals surface area contributed by atoms with Crippen LogP contribution in [-0.2, 0) is 10.2 Å². The minimum Gasteiger partial charge on any atom is -0.490 e. The predicted molar refractivity (Wildman–Crippen MR) is 103 cm³/mol. The Hall–Kier alpha value is -2.60. The normalized spacial score (nSPS) is 18.0. The summed E-state index contributed by atoms with van der Waals surface area (Å²) >= 11 is 3.56. The van der Waals surface area contributed by atoms with Crippen molar-refractivity contribution in [3.05, 3.63) is 81.5 Å². The monoisotopic (exact) mass is 427 g/mol. The summed E-state index contributed by atoms with van der Waals surface area (Å²) in [5.74, 6) is 1.10. The van der Waals surface area contributed by atoms with Gasteiger partial charge in [0.15, 0.2) is 17.3 Å². The Labute approximate surface area is 165 Å². The molecule has 0 aliphatic carbocycles.